The predicted octanol–water partition coefficient (Wildman–Crippen LogP) is 1.41. The Labute approximate surface area is 102 Å². The number of nitrogens with two attached hydrogens (primary N) is 1. The van der Waals surface area contributed by atoms with Crippen molar-refractivity contribution in [3.05, 3.63) is 35.4 Å². The molecule has 1 aromatic carbocycles. The second kappa shape index (κ2) is 6.36. The van der Waals surface area contributed by atoms with E-state index < -0.39 is 18.7 Å². The van der Waals surface area contributed by atoms with E-state index in [-0.39, 0.29) is 5.56 Å². The molecule has 0 saturated carbocycles. The summed E-state index contributed by atoms with van der Waals surface area (Å²) in [5.74, 6) is -0.724. The van der Waals surface area contributed by atoms with Gasteiger partial charge in [0.15, 0.2) is 6.61 Å². The Bertz CT molecular complexity index is 390. The summed E-state index contributed by atoms with van der Waals surface area (Å²) in [6, 6.07) is 6.37. The van der Waals surface area contributed by atoms with Gasteiger partial charge >= 0.3 is 6.18 Å². The fourth-order valence-corrected chi connectivity index (χ4v) is 1.23. The van der Waals surface area contributed by atoms with Gasteiger partial charge in [-0.3, -0.25) is 9.63 Å². The number of halogens is 3. The van der Waals surface area contributed by atoms with Crippen molar-refractivity contribution >= 4 is 5.91 Å². The molecular weight excluding hydrogens is 249 g/mol. The van der Waals surface area contributed by atoms with Gasteiger partial charge in [0.05, 0.1) is 0 Å². The molecule has 0 heterocycles. The normalized spacial score (nSPS) is 11.3. The van der Waals surface area contributed by atoms with E-state index >= 15 is 0 Å². The Balaban J connectivity index is 2.46. The van der Waals surface area contributed by atoms with Crippen LogP contribution in [0.5, 0.6) is 0 Å². The summed E-state index contributed by atoms with van der Waals surface area (Å²) < 4.78 is 35.3. The predicted molar refractivity (Wildman–Crippen MR) is 58.7 cm³/mol. The summed E-state index contributed by atoms with van der Waals surface area (Å²) in [5, 5.41) is 0. The van der Waals surface area contributed by atoms with Crippen LogP contribution in [-0.2, 0) is 11.3 Å². The highest BCUT2D eigenvalue weighted by atomic mass is 19.4. The van der Waals surface area contributed by atoms with Gasteiger partial charge < -0.3 is 5.73 Å². The van der Waals surface area contributed by atoms with Gasteiger partial charge in [-0.1, -0.05) is 12.1 Å². The first-order chi connectivity index (χ1) is 8.42. The zero-order chi connectivity index (χ0) is 13.6. The molecule has 0 aliphatic carbocycles. The summed E-state index contributed by atoms with van der Waals surface area (Å²) >= 11 is 0. The number of amides is 1. The van der Waals surface area contributed by atoms with E-state index in [1.165, 1.54) is 12.1 Å². The van der Waals surface area contributed by atoms with E-state index in [0.717, 1.165) is 5.56 Å². The smallest absolute Gasteiger partial charge is 0.330 e. The van der Waals surface area contributed by atoms with Gasteiger partial charge in [-0.25, -0.2) is 5.48 Å². The number of hydrogen-bond donors (Lipinski definition) is 2. The zero-order valence-corrected chi connectivity index (χ0v) is 9.46. The number of carbonyl (C=O) groups excluding carboxylic acids is 1. The van der Waals surface area contributed by atoms with Gasteiger partial charge in [-0.05, 0) is 30.7 Å². The molecule has 1 rings (SSSR count). The van der Waals surface area contributed by atoms with Crippen LogP contribution in [0.2, 0.25) is 0 Å². The monoisotopic (exact) mass is 262 g/mol. The lowest BCUT2D eigenvalue weighted by Gasteiger charge is -2.08. The van der Waals surface area contributed by atoms with Gasteiger partial charge in [0.1, 0.15) is 0 Å². The van der Waals surface area contributed by atoms with Crippen molar-refractivity contribution in [1.29, 1.82) is 0 Å². The minimum Gasteiger partial charge on any atom is -0.330 e. The third-order valence-electron chi connectivity index (χ3n) is 2.05. The lowest BCUT2D eigenvalue weighted by molar-refractivity contribution is -0.184. The average molecular weight is 262 g/mol. The summed E-state index contributed by atoms with van der Waals surface area (Å²) in [6.07, 6.45) is -3.80. The first-order valence-electron chi connectivity index (χ1n) is 5.20. The highest BCUT2D eigenvalue weighted by Crippen LogP contribution is 2.13. The van der Waals surface area contributed by atoms with E-state index in [1.807, 2.05) is 0 Å². The quantitative estimate of drug-likeness (QED) is 0.789. The second-order valence-corrected chi connectivity index (χ2v) is 3.57. The number of hydrogen-bond acceptors (Lipinski definition) is 3. The van der Waals surface area contributed by atoms with E-state index in [9.17, 15) is 18.0 Å². The topological polar surface area (TPSA) is 64.4 Å². The Morgan fingerprint density at radius 1 is 1.28 bits per heavy atom. The molecule has 0 aromatic heterocycles. The average Bonchev–Trinajstić information content (AvgIpc) is 2.28. The molecule has 0 spiro atoms. The molecule has 0 aliphatic rings. The molecule has 18 heavy (non-hydrogen) atoms. The molecule has 0 atom stereocenters. The van der Waals surface area contributed by atoms with E-state index in [0.29, 0.717) is 13.0 Å². The van der Waals surface area contributed by atoms with Crippen LogP contribution in [0.15, 0.2) is 24.3 Å². The Morgan fingerprint density at radius 2 is 1.89 bits per heavy atom. The first kappa shape index (κ1) is 14.5. The molecule has 3 N–H and O–H groups in total. The third-order valence-corrected chi connectivity index (χ3v) is 2.05. The first-order valence-corrected chi connectivity index (χ1v) is 5.20. The van der Waals surface area contributed by atoms with Crippen LogP contribution in [0.3, 0.4) is 0 Å². The molecule has 1 aromatic rings. The Kier molecular flexibility index (Phi) is 5.11. The van der Waals surface area contributed by atoms with Crippen LogP contribution in [0.1, 0.15) is 15.9 Å². The van der Waals surface area contributed by atoms with Crippen LogP contribution in [0.4, 0.5) is 13.2 Å². The van der Waals surface area contributed by atoms with Gasteiger partial charge in [-0.15, -0.1) is 0 Å². The summed E-state index contributed by atoms with van der Waals surface area (Å²) in [7, 11) is 0. The Morgan fingerprint density at radius 3 is 2.39 bits per heavy atom. The fourth-order valence-electron chi connectivity index (χ4n) is 1.23. The van der Waals surface area contributed by atoms with Gasteiger partial charge in [0, 0.05) is 5.56 Å². The highest BCUT2D eigenvalue weighted by molar-refractivity contribution is 5.93. The molecular formula is C11H13F3N2O2. The van der Waals surface area contributed by atoms with Crippen LogP contribution in [-0.4, -0.2) is 25.2 Å². The molecule has 4 nitrogen and oxygen atoms in total. The molecule has 0 bridgehead atoms. The van der Waals surface area contributed by atoms with Gasteiger partial charge in [0.25, 0.3) is 5.91 Å². The van der Waals surface area contributed by atoms with Crippen molar-refractivity contribution in [2.45, 2.75) is 12.6 Å². The molecule has 0 fully saturated rings. The number of rotatable bonds is 5. The molecule has 0 saturated heterocycles. The fraction of sp³-hybridized carbons (Fsp3) is 0.364. The minimum atomic E-state index is -4.47. The lowest BCUT2D eigenvalue weighted by atomic mass is 10.1. The van der Waals surface area contributed by atoms with E-state index in [4.69, 9.17) is 5.73 Å². The number of benzene rings is 1. The van der Waals surface area contributed by atoms with Crippen LogP contribution in [0.25, 0.3) is 0 Å². The molecule has 0 radical (unpaired) electrons. The summed E-state index contributed by atoms with van der Waals surface area (Å²) in [4.78, 5) is 15.4. The lowest BCUT2D eigenvalue weighted by Crippen LogP contribution is -2.29. The highest BCUT2D eigenvalue weighted by Gasteiger charge is 2.28. The van der Waals surface area contributed by atoms with Crippen molar-refractivity contribution in [1.82, 2.24) is 5.48 Å². The van der Waals surface area contributed by atoms with Crippen molar-refractivity contribution in [3.63, 3.8) is 0 Å². The number of hydroxylamine groups is 1. The van der Waals surface area contributed by atoms with Crippen molar-refractivity contribution in [3.8, 4) is 0 Å². The minimum absolute atomic E-state index is 0.220. The van der Waals surface area contributed by atoms with Crippen molar-refractivity contribution in [2.75, 3.05) is 13.2 Å². The Hall–Kier alpha value is -1.60. The largest absolute Gasteiger partial charge is 0.414 e. The van der Waals surface area contributed by atoms with Crippen LogP contribution < -0.4 is 11.2 Å². The van der Waals surface area contributed by atoms with Gasteiger partial charge in [0.2, 0.25) is 0 Å². The van der Waals surface area contributed by atoms with Gasteiger partial charge in [-0.2, -0.15) is 13.2 Å². The maximum atomic E-state index is 11.8. The standard InChI is InChI=1S/C11H13F3N2O2/c12-11(13,14)7-18-16-10(17)9-3-1-8(2-4-9)5-6-15/h1-4H,5-7,15H2,(H,16,17). The zero-order valence-electron chi connectivity index (χ0n) is 9.46. The molecule has 1 amide bonds. The molecule has 100 valence electrons. The second-order valence-electron chi connectivity index (χ2n) is 3.57. The number of nitrogens with one attached hydrogen (secondary N) is 1. The molecule has 0 unspecified atom stereocenters. The van der Waals surface area contributed by atoms with E-state index in [1.54, 1.807) is 17.6 Å². The third kappa shape index (κ3) is 5.15. The van der Waals surface area contributed by atoms with Crippen molar-refractivity contribution in [2.24, 2.45) is 5.73 Å². The SMILES string of the molecule is NCCc1ccc(C(=O)NOCC(F)(F)F)cc1. The van der Waals surface area contributed by atoms with Crippen LogP contribution >= 0.6 is 0 Å². The van der Waals surface area contributed by atoms with E-state index in [2.05, 4.69) is 4.84 Å². The molecule has 7 heteroatoms. The summed E-state index contributed by atoms with van der Waals surface area (Å²) in [6.45, 7) is -1.04. The number of alkyl halides is 3. The number of carbonyl (C=O) groups is 1. The molecule has 0 aliphatic heterocycles. The summed E-state index contributed by atoms with van der Waals surface area (Å²) in [5.41, 5.74) is 8.25. The maximum Gasteiger partial charge on any atom is 0.414 e. The van der Waals surface area contributed by atoms with Crippen LogP contribution in [0, 0.1) is 0 Å². The maximum absolute atomic E-state index is 11.8. The van der Waals surface area contributed by atoms with Crippen molar-refractivity contribution < 1.29 is 22.8 Å².